The van der Waals surface area contributed by atoms with Crippen LogP contribution in [0.3, 0.4) is 0 Å². The molecule has 174 valence electrons. The molecule has 0 aliphatic heterocycles. The molecule has 5 rings (SSSR count). The van der Waals surface area contributed by atoms with E-state index in [9.17, 15) is 4.79 Å². The van der Waals surface area contributed by atoms with Crippen LogP contribution < -0.4 is 5.32 Å². The van der Waals surface area contributed by atoms with Crippen molar-refractivity contribution in [1.82, 2.24) is 19.9 Å². The Morgan fingerprint density at radius 1 is 0.857 bits per heavy atom. The Balaban J connectivity index is 1.62. The van der Waals surface area contributed by atoms with Gasteiger partial charge in [0, 0.05) is 35.4 Å². The van der Waals surface area contributed by atoms with E-state index in [-0.39, 0.29) is 5.91 Å². The molecule has 0 spiro atoms. The van der Waals surface area contributed by atoms with Crippen LogP contribution in [0.4, 0.5) is 0 Å². The number of carbonyl (C=O) groups is 1. The maximum absolute atomic E-state index is 13.8. The number of nitrogens with zero attached hydrogens (tertiary/aromatic N) is 3. The molecule has 1 unspecified atom stereocenters. The summed E-state index contributed by atoms with van der Waals surface area (Å²) in [6, 6.07) is 26.1. The molecule has 2 heterocycles. The number of aromatic nitrogens is 3. The van der Waals surface area contributed by atoms with Crippen LogP contribution in [0.1, 0.15) is 28.6 Å². The van der Waals surface area contributed by atoms with Crippen LogP contribution in [0.2, 0.25) is 10.0 Å². The van der Waals surface area contributed by atoms with E-state index >= 15 is 0 Å². The summed E-state index contributed by atoms with van der Waals surface area (Å²) in [5, 5.41) is 4.23. The Morgan fingerprint density at radius 2 is 1.54 bits per heavy atom. The van der Waals surface area contributed by atoms with Crippen molar-refractivity contribution < 1.29 is 4.79 Å². The van der Waals surface area contributed by atoms with Gasteiger partial charge in [-0.15, -0.1) is 0 Å². The number of hydrogen-bond donors (Lipinski definition) is 1. The SMILES string of the molecule is O=C(NCc1ccncc1)C(c1ccccc1)n1c(Cc2c(Cl)cccc2Cl)nc2ccccc21. The summed E-state index contributed by atoms with van der Waals surface area (Å²) in [5.74, 6) is 0.566. The third-order valence-electron chi connectivity index (χ3n) is 5.90. The van der Waals surface area contributed by atoms with Crippen molar-refractivity contribution in [2.45, 2.75) is 19.0 Å². The molecule has 0 aliphatic carbocycles. The molecule has 0 bridgehead atoms. The quantitative estimate of drug-likeness (QED) is 0.288. The van der Waals surface area contributed by atoms with E-state index in [4.69, 9.17) is 28.2 Å². The lowest BCUT2D eigenvalue weighted by Crippen LogP contribution is -2.33. The van der Waals surface area contributed by atoms with Gasteiger partial charge in [-0.25, -0.2) is 4.98 Å². The number of pyridine rings is 1. The molecule has 0 fully saturated rings. The van der Waals surface area contributed by atoms with Crippen LogP contribution in [0, 0.1) is 0 Å². The van der Waals surface area contributed by atoms with E-state index in [2.05, 4.69) is 10.3 Å². The smallest absolute Gasteiger partial charge is 0.248 e. The zero-order valence-electron chi connectivity index (χ0n) is 18.7. The highest BCUT2D eigenvalue weighted by Crippen LogP contribution is 2.31. The van der Waals surface area contributed by atoms with Crippen molar-refractivity contribution in [3.05, 3.63) is 130 Å². The van der Waals surface area contributed by atoms with Crippen molar-refractivity contribution in [1.29, 1.82) is 0 Å². The Morgan fingerprint density at radius 3 is 2.29 bits per heavy atom. The number of hydrogen-bond acceptors (Lipinski definition) is 3. The zero-order chi connectivity index (χ0) is 24.2. The highest BCUT2D eigenvalue weighted by atomic mass is 35.5. The second-order valence-corrected chi connectivity index (χ2v) is 8.96. The van der Waals surface area contributed by atoms with E-state index in [0.29, 0.717) is 28.8 Å². The number of benzene rings is 3. The molecule has 0 radical (unpaired) electrons. The Kier molecular flexibility index (Phi) is 6.80. The van der Waals surface area contributed by atoms with E-state index in [1.165, 1.54) is 0 Å². The van der Waals surface area contributed by atoms with Crippen molar-refractivity contribution in [3.63, 3.8) is 0 Å². The molecule has 0 aliphatic rings. The first-order chi connectivity index (χ1) is 17.1. The summed E-state index contributed by atoms with van der Waals surface area (Å²) in [5.41, 5.74) is 4.26. The van der Waals surface area contributed by atoms with Gasteiger partial charge in [0.05, 0.1) is 11.0 Å². The fourth-order valence-corrected chi connectivity index (χ4v) is 4.74. The minimum absolute atomic E-state index is 0.136. The van der Waals surface area contributed by atoms with Gasteiger partial charge >= 0.3 is 0 Å². The number of nitrogens with one attached hydrogen (secondary N) is 1. The predicted octanol–water partition coefficient (Wildman–Crippen LogP) is 6.23. The lowest BCUT2D eigenvalue weighted by atomic mass is 10.0. The van der Waals surface area contributed by atoms with Crippen LogP contribution >= 0.6 is 23.2 Å². The van der Waals surface area contributed by atoms with Crippen molar-refractivity contribution in [3.8, 4) is 0 Å². The first-order valence-electron chi connectivity index (χ1n) is 11.2. The maximum atomic E-state index is 13.8. The van der Waals surface area contributed by atoms with Gasteiger partial charge in [-0.1, -0.05) is 71.7 Å². The van der Waals surface area contributed by atoms with Gasteiger partial charge in [0.15, 0.2) is 0 Å². The van der Waals surface area contributed by atoms with Crippen molar-refractivity contribution >= 4 is 40.1 Å². The van der Waals surface area contributed by atoms with Gasteiger partial charge in [0.2, 0.25) is 5.91 Å². The number of carbonyl (C=O) groups excluding carboxylic acids is 1. The second kappa shape index (κ2) is 10.3. The van der Waals surface area contributed by atoms with Crippen LogP contribution in [-0.2, 0) is 17.8 Å². The molecule has 3 aromatic carbocycles. The first-order valence-corrected chi connectivity index (χ1v) is 12.0. The summed E-state index contributed by atoms with van der Waals surface area (Å²) in [7, 11) is 0. The lowest BCUT2D eigenvalue weighted by molar-refractivity contribution is -0.123. The summed E-state index contributed by atoms with van der Waals surface area (Å²) in [6.07, 6.45) is 3.81. The molecule has 0 saturated heterocycles. The fourth-order valence-electron chi connectivity index (χ4n) is 4.21. The highest BCUT2D eigenvalue weighted by molar-refractivity contribution is 6.36. The third kappa shape index (κ3) is 4.92. The molecule has 5 nitrogen and oxygen atoms in total. The minimum Gasteiger partial charge on any atom is -0.350 e. The average molecular weight is 501 g/mol. The molecular formula is C28H22Cl2N4O. The topological polar surface area (TPSA) is 59.8 Å². The number of amides is 1. The molecule has 1 atom stereocenters. The standard InChI is InChI=1S/C28H22Cl2N4O/c29-22-9-6-10-23(30)21(22)17-26-33-24-11-4-5-12-25(24)34(26)27(20-7-2-1-3-8-20)28(35)32-18-19-13-15-31-16-14-19/h1-16,27H,17-18H2,(H,32,35). The Bertz CT molecular complexity index is 1450. The van der Waals surface area contributed by atoms with E-state index in [1.807, 2.05) is 89.5 Å². The largest absolute Gasteiger partial charge is 0.350 e. The molecule has 1 N–H and O–H groups in total. The molecule has 1 amide bonds. The van der Waals surface area contributed by atoms with Crippen molar-refractivity contribution in [2.24, 2.45) is 0 Å². The van der Waals surface area contributed by atoms with Crippen LogP contribution in [0.5, 0.6) is 0 Å². The third-order valence-corrected chi connectivity index (χ3v) is 6.61. The van der Waals surface area contributed by atoms with Crippen LogP contribution in [0.15, 0.2) is 97.3 Å². The van der Waals surface area contributed by atoms with Gasteiger partial charge in [0.25, 0.3) is 0 Å². The summed E-state index contributed by atoms with van der Waals surface area (Å²) in [6.45, 7) is 0.392. The van der Waals surface area contributed by atoms with Crippen molar-refractivity contribution in [2.75, 3.05) is 0 Å². The number of para-hydroxylation sites is 2. The minimum atomic E-state index is -0.637. The molecular weight excluding hydrogens is 479 g/mol. The van der Waals surface area contributed by atoms with Gasteiger partial charge in [-0.3, -0.25) is 9.78 Å². The normalized spacial score (nSPS) is 11.9. The fraction of sp³-hybridized carbons (Fsp3) is 0.107. The molecule has 5 aromatic rings. The van der Waals surface area contributed by atoms with Gasteiger partial charge in [-0.2, -0.15) is 0 Å². The predicted molar refractivity (Wildman–Crippen MR) is 140 cm³/mol. The number of rotatable bonds is 7. The Hall–Kier alpha value is -3.67. The first kappa shape index (κ1) is 23.1. The van der Waals surface area contributed by atoms with E-state index in [0.717, 1.165) is 27.7 Å². The van der Waals surface area contributed by atoms with Crippen LogP contribution in [0.25, 0.3) is 11.0 Å². The second-order valence-electron chi connectivity index (χ2n) is 8.15. The number of imidazole rings is 1. The van der Waals surface area contributed by atoms with Gasteiger partial charge in [-0.05, 0) is 53.1 Å². The number of halogens is 2. The van der Waals surface area contributed by atoms with Gasteiger partial charge in [0.1, 0.15) is 11.9 Å². The number of fused-ring (bicyclic) bond motifs is 1. The van der Waals surface area contributed by atoms with Crippen LogP contribution in [-0.4, -0.2) is 20.4 Å². The summed E-state index contributed by atoms with van der Waals surface area (Å²) >= 11 is 13.0. The average Bonchev–Trinajstić information content (AvgIpc) is 3.24. The lowest BCUT2D eigenvalue weighted by Gasteiger charge is -2.22. The monoisotopic (exact) mass is 500 g/mol. The maximum Gasteiger partial charge on any atom is 0.248 e. The molecule has 2 aromatic heterocycles. The summed E-state index contributed by atoms with van der Waals surface area (Å²) in [4.78, 5) is 22.7. The van der Waals surface area contributed by atoms with E-state index < -0.39 is 6.04 Å². The highest BCUT2D eigenvalue weighted by Gasteiger charge is 2.28. The van der Waals surface area contributed by atoms with Gasteiger partial charge < -0.3 is 9.88 Å². The zero-order valence-corrected chi connectivity index (χ0v) is 20.2. The molecule has 0 saturated carbocycles. The van der Waals surface area contributed by atoms with E-state index in [1.54, 1.807) is 12.4 Å². The molecule has 35 heavy (non-hydrogen) atoms. The Labute approximate surface area is 213 Å². The molecule has 7 heteroatoms. The summed E-state index contributed by atoms with van der Waals surface area (Å²) < 4.78 is 1.99.